The molecule has 0 amide bonds. The van der Waals surface area contributed by atoms with Gasteiger partial charge in [0.1, 0.15) is 0 Å². The Morgan fingerprint density at radius 1 is 1.44 bits per heavy atom. The molecule has 0 saturated heterocycles. The van der Waals surface area contributed by atoms with Crippen LogP contribution in [0.2, 0.25) is 0 Å². The molecule has 1 aliphatic rings. The first-order chi connectivity index (χ1) is 7.49. The molecule has 88 valence electrons. The number of nitrogens with two attached hydrogens (primary N) is 1. The quantitative estimate of drug-likeness (QED) is 0.811. The normalized spacial score (nSPS) is 18.5. The maximum absolute atomic E-state index is 12.7. The lowest BCUT2D eigenvalue weighted by molar-refractivity contribution is -0.139. The minimum Gasteiger partial charge on any atom is -0.304 e. The Morgan fingerprint density at radius 3 is 2.62 bits per heavy atom. The summed E-state index contributed by atoms with van der Waals surface area (Å²) in [5, 5.41) is 0. The highest BCUT2D eigenvalue weighted by atomic mass is 19.4. The van der Waals surface area contributed by atoms with Crippen molar-refractivity contribution in [3.63, 3.8) is 0 Å². The lowest BCUT2D eigenvalue weighted by atomic mass is 9.98. The van der Waals surface area contributed by atoms with Crippen molar-refractivity contribution >= 4 is 0 Å². The van der Waals surface area contributed by atoms with E-state index in [1.54, 1.807) is 0 Å². The SMILES string of the molecule is NOCC1(c2ncccc2C(F)(F)F)CC1. The molecule has 2 N–H and O–H groups in total. The van der Waals surface area contributed by atoms with Crippen LogP contribution in [0.3, 0.4) is 0 Å². The van der Waals surface area contributed by atoms with Gasteiger partial charge in [0.25, 0.3) is 0 Å². The van der Waals surface area contributed by atoms with E-state index in [0.717, 1.165) is 6.07 Å². The van der Waals surface area contributed by atoms with Crippen molar-refractivity contribution in [3.05, 3.63) is 29.6 Å². The van der Waals surface area contributed by atoms with Gasteiger partial charge in [0.15, 0.2) is 0 Å². The predicted molar refractivity (Wildman–Crippen MR) is 50.3 cm³/mol. The largest absolute Gasteiger partial charge is 0.418 e. The van der Waals surface area contributed by atoms with Crippen molar-refractivity contribution in [2.24, 2.45) is 5.90 Å². The summed E-state index contributed by atoms with van der Waals surface area (Å²) in [5.41, 5.74) is -1.28. The highest BCUT2D eigenvalue weighted by molar-refractivity contribution is 5.34. The number of hydrogen-bond donors (Lipinski definition) is 1. The molecule has 0 spiro atoms. The molecule has 1 fully saturated rings. The Balaban J connectivity index is 2.41. The van der Waals surface area contributed by atoms with Crippen molar-refractivity contribution < 1.29 is 18.0 Å². The van der Waals surface area contributed by atoms with E-state index in [1.165, 1.54) is 12.3 Å². The molecule has 6 heteroatoms. The van der Waals surface area contributed by atoms with Crippen molar-refractivity contribution in [1.82, 2.24) is 4.98 Å². The Morgan fingerprint density at radius 2 is 2.12 bits per heavy atom. The third kappa shape index (κ3) is 1.90. The van der Waals surface area contributed by atoms with E-state index in [1.807, 2.05) is 0 Å². The monoisotopic (exact) mass is 232 g/mol. The molecule has 16 heavy (non-hydrogen) atoms. The van der Waals surface area contributed by atoms with Crippen LogP contribution >= 0.6 is 0 Å². The molecule has 0 unspecified atom stereocenters. The maximum Gasteiger partial charge on any atom is 0.418 e. The Hall–Kier alpha value is -1.14. The molecule has 0 aromatic carbocycles. The summed E-state index contributed by atoms with van der Waals surface area (Å²) in [6, 6.07) is 2.32. The van der Waals surface area contributed by atoms with E-state index in [2.05, 4.69) is 9.82 Å². The number of nitrogens with zero attached hydrogens (tertiary/aromatic N) is 1. The van der Waals surface area contributed by atoms with Crippen LogP contribution in [0.25, 0.3) is 0 Å². The summed E-state index contributed by atoms with van der Waals surface area (Å²) >= 11 is 0. The van der Waals surface area contributed by atoms with Gasteiger partial charge in [0.05, 0.1) is 17.9 Å². The number of pyridine rings is 1. The van der Waals surface area contributed by atoms with E-state index in [4.69, 9.17) is 5.90 Å². The number of alkyl halides is 3. The molecule has 3 nitrogen and oxygen atoms in total. The molecule has 2 rings (SSSR count). The number of rotatable bonds is 3. The standard InChI is InChI=1S/C10H11F3N2O/c11-10(12,13)7-2-1-5-15-8(7)9(3-4-9)6-16-14/h1-2,5H,3-4,6,14H2. The van der Waals surface area contributed by atoms with Gasteiger partial charge in [-0.25, -0.2) is 5.90 Å². The van der Waals surface area contributed by atoms with Crippen LogP contribution in [0.5, 0.6) is 0 Å². The molecule has 1 aliphatic carbocycles. The Labute approximate surface area is 90.4 Å². The fourth-order valence-electron chi connectivity index (χ4n) is 1.82. The fraction of sp³-hybridized carbons (Fsp3) is 0.500. The van der Waals surface area contributed by atoms with Gasteiger partial charge >= 0.3 is 6.18 Å². The predicted octanol–water partition coefficient (Wildman–Crippen LogP) is 2.02. The van der Waals surface area contributed by atoms with Crippen molar-refractivity contribution in [3.8, 4) is 0 Å². The molecule has 0 bridgehead atoms. The van der Waals surface area contributed by atoms with Crippen LogP contribution in [0.15, 0.2) is 18.3 Å². The lowest BCUT2D eigenvalue weighted by Crippen LogP contribution is -2.24. The van der Waals surface area contributed by atoms with E-state index in [0.29, 0.717) is 12.8 Å². The molecule has 1 heterocycles. The first-order valence-electron chi connectivity index (χ1n) is 4.84. The maximum atomic E-state index is 12.7. The van der Waals surface area contributed by atoms with Gasteiger partial charge in [-0.1, -0.05) is 0 Å². The molecular weight excluding hydrogens is 221 g/mol. The van der Waals surface area contributed by atoms with Crippen LogP contribution in [-0.2, 0) is 16.4 Å². The minimum atomic E-state index is -4.38. The van der Waals surface area contributed by atoms with Crippen LogP contribution in [0.1, 0.15) is 24.1 Å². The zero-order chi connectivity index (χ0) is 11.8. The second-order valence-corrected chi connectivity index (χ2v) is 3.99. The summed E-state index contributed by atoms with van der Waals surface area (Å²) in [7, 11) is 0. The first kappa shape index (κ1) is 11.3. The van der Waals surface area contributed by atoms with Gasteiger partial charge in [-0.15, -0.1) is 0 Å². The summed E-state index contributed by atoms with van der Waals surface area (Å²) < 4.78 is 38.2. The minimum absolute atomic E-state index is 0.0490. The Bertz CT molecular complexity index is 388. The highest BCUT2D eigenvalue weighted by Gasteiger charge is 2.50. The van der Waals surface area contributed by atoms with E-state index < -0.39 is 17.2 Å². The van der Waals surface area contributed by atoms with Gasteiger partial charge in [-0.05, 0) is 25.0 Å². The molecule has 1 saturated carbocycles. The Kier molecular flexibility index (Phi) is 2.63. The van der Waals surface area contributed by atoms with Crippen LogP contribution in [-0.4, -0.2) is 11.6 Å². The zero-order valence-electron chi connectivity index (χ0n) is 8.42. The average Bonchev–Trinajstić information content (AvgIpc) is 2.98. The third-order valence-electron chi connectivity index (χ3n) is 2.83. The van der Waals surface area contributed by atoms with Gasteiger partial charge < -0.3 is 4.84 Å². The highest BCUT2D eigenvalue weighted by Crippen LogP contribution is 2.50. The van der Waals surface area contributed by atoms with Gasteiger partial charge in [-0.2, -0.15) is 13.2 Å². The van der Waals surface area contributed by atoms with E-state index in [9.17, 15) is 13.2 Å². The summed E-state index contributed by atoms with van der Waals surface area (Å²) in [5.74, 6) is 4.94. The number of aromatic nitrogens is 1. The summed E-state index contributed by atoms with van der Waals surface area (Å²) in [6.07, 6.45) is -1.76. The van der Waals surface area contributed by atoms with Crippen LogP contribution < -0.4 is 5.90 Å². The van der Waals surface area contributed by atoms with E-state index >= 15 is 0 Å². The van der Waals surface area contributed by atoms with Crippen molar-refractivity contribution in [2.75, 3.05) is 6.61 Å². The smallest absolute Gasteiger partial charge is 0.304 e. The van der Waals surface area contributed by atoms with Crippen molar-refractivity contribution in [1.29, 1.82) is 0 Å². The topological polar surface area (TPSA) is 48.1 Å². The van der Waals surface area contributed by atoms with E-state index in [-0.39, 0.29) is 12.3 Å². The molecule has 1 aromatic rings. The van der Waals surface area contributed by atoms with Crippen LogP contribution in [0.4, 0.5) is 13.2 Å². The first-order valence-corrected chi connectivity index (χ1v) is 4.84. The summed E-state index contributed by atoms with van der Waals surface area (Å²) in [4.78, 5) is 8.33. The third-order valence-corrected chi connectivity index (χ3v) is 2.83. The van der Waals surface area contributed by atoms with Gasteiger partial charge in [0.2, 0.25) is 0 Å². The molecule has 1 aromatic heterocycles. The number of halogens is 3. The van der Waals surface area contributed by atoms with Gasteiger partial charge in [0, 0.05) is 11.6 Å². The summed E-state index contributed by atoms with van der Waals surface area (Å²) in [6.45, 7) is 0.0765. The second kappa shape index (κ2) is 3.71. The van der Waals surface area contributed by atoms with Crippen molar-refractivity contribution in [2.45, 2.75) is 24.4 Å². The fourth-order valence-corrected chi connectivity index (χ4v) is 1.82. The van der Waals surface area contributed by atoms with Gasteiger partial charge in [-0.3, -0.25) is 4.98 Å². The average molecular weight is 232 g/mol. The molecule has 0 aliphatic heterocycles. The molecule has 0 atom stereocenters. The second-order valence-electron chi connectivity index (χ2n) is 3.99. The zero-order valence-corrected chi connectivity index (χ0v) is 8.42. The number of hydrogen-bond acceptors (Lipinski definition) is 3. The molecule has 0 radical (unpaired) electrons. The van der Waals surface area contributed by atoms with Crippen LogP contribution in [0, 0.1) is 0 Å². The lowest BCUT2D eigenvalue weighted by Gasteiger charge is -2.18. The molecular formula is C10H11F3N2O.